The number of nitrogens with two attached hydrogens (primary N) is 1. The Balaban J connectivity index is 1.84. The van der Waals surface area contributed by atoms with Crippen LogP contribution in [-0.4, -0.2) is 18.9 Å². The number of hydrogen-bond donors (Lipinski definition) is 1. The minimum Gasteiger partial charge on any atom is -0.494 e. The summed E-state index contributed by atoms with van der Waals surface area (Å²) in [4.78, 5) is 0. The van der Waals surface area contributed by atoms with E-state index in [1.807, 2.05) is 18.2 Å². The highest BCUT2D eigenvalue weighted by molar-refractivity contribution is 5.90. The maximum atomic E-state index is 5.82. The van der Waals surface area contributed by atoms with Gasteiger partial charge in [-0.15, -0.1) is 0 Å². The SMILES string of the molecule is CCCOc1ccc(N2N=C(CN)CC2c2ccccc2)cc1. The van der Waals surface area contributed by atoms with Crippen molar-refractivity contribution in [2.24, 2.45) is 10.8 Å². The third kappa shape index (κ3) is 3.54. The molecule has 0 spiro atoms. The van der Waals surface area contributed by atoms with Crippen molar-refractivity contribution in [3.8, 4) is 5.75 Å². The van der Waals surface area contributed by atoms with Crippen LogP contribution in [0.2, 0.25) is 0 Å². The minimum absolute atomic E-state index is 0.206. The first-order valence-corrected chi connectivity index (χ1v) is 8.15. The van der Waals surface area contributed by atoms with Crippen molar-refractivity contribution in [3.05, 3.63) is 60.2 Å². The summed E-state index contributed by atoms with van der Waals surface area (Å²) in [5.41, 5.74) is 9.17. The summed E-state index contributed by atoms with van der Waals surface area (Å²) in [6, 6.07) is 18.8. The van der Waals surface area contributed by atoms with Crippen molar-refractivity contribution in [3.63, 3.8) is 0 Å². The molecule has 1 heterocycles. The van der Waals surface area contributed by atoms with Gasteiger partial charge in [0.2, 0.25) is 0 Å². The maximum absolute atomic E-state index is 5.82. The van der Waals surface area contributed by atoms with Crippen LogP contribution in [0.4, 0.5) is 5.69 Å². The normalized spacial score (nSPS) is 17.2. The van der Waals surface area contributed by atoms with Gasteiger partial charge in [0.25, 0.3) is 0 Å². The summed E-state index contributed by atoms with van der Waals surface area (Å²) in [6.45, 7) is 3.34. The number of benzene rings is 2. The quantitative estimate of drug-likeness (QED) is 0.884. The van der Waals surface area contributed by atoms with Gasteiger partial charge in [-0.25, -0.2) is 0 Å². The lowest BCUT2D eigenvalue weighted by atomic mass is 10.0. The van der Waals surface area contributed by atoms with E-state index in [1.165, 1.54) is 5.56 Å². The zero-order chi connectivity index (χ0) is 16.1. The van der Waals surface area contributed by atoms with Gasteiger partial charge in [-0.2, -0.15) is 5.10 Å². The predicted molar refractivity (Wildman–Crippen MR) is 95.0 cm³/mol. The van der Waals surface area contributed by atoms with Crippen LogP contribution in [0.3, 0.4) is 0 Å². The molecule has 0 aromatic heterocycles. The van der Waals surface area contributed by atoms with Gasteiger partial charge in [0, 0.05) is 13.0 Å². The average molecular weight is 309 g/mol. The average Bonchev–Trinajstić information content (AvgIpc) is 3.05. The van der Waals surface area contributed by atoms with Crippen molar-refractivity contribution in [2.45, 2.75) is 25.8 Å². The highest BCUT2D eigenvalue weighted by Gasteiger charge is 2.28. The van der Waals surface area contributed by atoms with Crippen LogP contribution in [0.25, 0.3) is 0 Å². The number of hydrogen-bond acceptors (Lipinski definition) is 4. The third-order valence-corrected chi connectivity index (χ3v) is 3.97. The van der Waals surface area contributed by atoms with E-state index in [-0.39, 0.29) is 6.04 Å². The van der Waals surface area contributed by atoms with Crippen molar-refractivity contribution < 1.29 is 4.74 Å². The molecule has 2 aromatic carbocycles. The molecule has 0 saturated carbocycles. The van der Waals surface area contributed by atoms with Crippen molar-refractivity contribution in [1.82, 2.24) is 0 Å². The molecule has 0 fully saturated rings. The van der Waals surface area contributed by atoms with Gasteiger partial charge >= 0.3 is 0 Å². The smallest absolute Gasteiger partial charge is 0.119 e. The molecule has 4 nitrogen and oxygen atoms in total. The molecule has 120 valence electrons. The molecule has 0 aliphatic carbocycles. The summed E-state index contributed by atoms with van der Waals surface area (Å²) >= 11 is 0. The summed E-state index contributed by atoms with van der Waals surface area (Å²) in [6.07, 6.45) is 1.88. The molecule has 2 aromatic rings. The Morgan fingerprint density at radius 1 is 1.13 bits per heavy atom. The molecular weight excluding hydrogens is 286 g/mol. The molecule has 1 aliphatic rings. The zero-order valence-corrected chi connectivity index (χ0v) is 13.5. The Morgan fingerprint density at radius 2 is 1.87 bits per heavy atom. The van der Waals surface area contributed by atoms with Gasteiger partial charge < -0.3 is 10.5 Å². The van der Waals surface area contributed by atoms with E-state index in [0.29, 0.717) is 6.54 Å². The van der Waals surface area contributed by atoms with Gasteiger partial charge in [-0.1, -0.05) is 37.3 Å². The number of anilines is 1. The monoisotopic (exact) mass is 309 g/mol. The van der Waals surface area contributed by atoms with E-state index < -0.39 is 0 Å². The van der Waals surface area contributed by atoms with Crippen LogP contribution >= 0.6 is 0 Å². The lowest BCUT2D eigenvalue weighted by Crippen LogP contribution is -2.18. The standard InChI is InChI=1S/C19H23N3O/c1-2-12-23-18-10-8-17(9-11-18)22-19(13-16(14-20)21-22)15-6-4-3-5-7-15/h3-11,19H,2,12-14,20H2,1H3. The first-order chi connectivity index (χ1) is 11.3. The van der Waals surface area contributed by atoms with Crippen LogP contribution in [0.5, 0.6) is 5.75 Å². The van der Waals surface area contributed by atoms with Crippen LogP contribution < -0.4 is 15.5 Å². The van der Waals surface area contributed by atoms with E-state index in [2.05, 4.69) is 48.3 Å². The van der Waals surface area contributed by atoms with E-state index in [9.17, 15) is 0 Å². The largest absolute Gasteiger partial charge is 0.494 e. The summed E-state index contributed by atoms with van der Waals surface area (Å²) in [7, 11) is 0. The maximum Gasteiger partial charge on any atom is 0.119 e. The first-order valence-electron chi connectivity index (χ1n) is 8.15. The fraction of sp³-hybridized carbons (Fsp3) is 0.316. The van der Waals surface area contributed by atoms with Gasteiger partial charge in [0.05, 0.1) is 24.0 Å². The van der Waals surface area contributed by atoms with Gasteiger partial charge in [-0.05, 0) is 36.2 Å². The molecule has 2 N–H and O–H groups in total. The Morgan fingerprint density at radius 3 is 2.52 bits per heavy atom. The molecule has 0 amide bonds. The fourth-order valence-electron chi connectivity index (χ4n) is 2.78. The second-order valence-electron chi connectivity index (χ2n) is 5.69. The second kappa shape index (κ2) is 7.29. The molecule has 4 heteroatoms. The second-order valence-corrected chi connectivity index (χ2v) is 5.69. The summed E-state index contributed by atoms with van der Waals surface area (Å²) in [5.74, 6) is 0.897. The molecule has 1 aliphatic heterocycles. The topological polar surface area (TPSA) is 50.8 Å². The van der Waals surface area contributed by atoms with E-state index in [0.717, 1.165) is 36.6 Å². The third-order valence-electron chi connectivity index (χ3n) is 3.97. The zero-order valence-electron chi connectivity index (χ0n) is 13.5. The van der Waals surface area contributed by atoms with E-state index in [1.54, 1.807) is 0 Å². The Labute approximate surface area is 137 Å². The highest BCUT2D eigenvalue weighted by Crippen LogP contribution is 2.35. The van der Waals surface area contributed by atoms with Crippen LogP contribution in [0.1, 0.15) is 31.4 Å². The molecule has 1 unspecified atom stereocenters. The Bertz CT molecular complexity index is 652. The molecule has 0 bridgehead atoms. The predicted octanol–water partition coefficient (Wildman–Crippen LogP) is 3.74. The molecule has 0 saturated heterocycles. The minimum atomic E-state index is 0.206. The van der Waals surface area contributed by atoms with E-state index in [4.69, 9.17) is 15.6 Å². The Kier molecular flexibility index (Phi) is 4.93. The van der Waals surface area contributed by atoms with E-state index >= 15 is 0 Å². The number of ether oxygens (including phenoxy) is 1. The van der Waals surface area contributed by atoms with Crippen molar-refractivity contribution in [2.75, 3.05) is 18.2 Å². The van der Waals surface area contributed by atoms with Gasteiger partial charge in [0.15, 0.2) is 0 Å². The lowest BCUT2D eigenvalue weighted by Gasteiger charge is -2.24. The van der Waals surface area contributed by atoms with Crippen LogP contribution in [-0.2, 0) is 0 Å². The highest BCUT2D eigenvalue weighted by atomic mass is 16.5. The summed E-state index contributed by atoms with van der Waals surface area (Å²) in [5, 5.41) is 6.78. The van der Waals surface area contributed by atoms with Crippen LogP contribution in [0, 0.1) is 0 Å². The Hall–Kier alpha value is -2.33. The number of rotatable bonds is 6. The number of nitrogens with zero attached hydrogens (tertiary/aromatic N) is 2. The van der Waals surface area contributed by atoms with Crippen LogP contribution in [0.15, 0.2) is 59.7 Å². The molecular formula is C19H23N3O. The molecule has 1 atom stereocenters. The van der Waals surface area contributed by atoms with Crippen molar-refractivity contribution in [1.29, 1.82) is 0 Å². The molecule has 23 heavy (non-hydrogen) atoms. The fourth-order valence-corrected chi connectivity index (χ4v) is 2.78. The van der Waals surface area contributed by atoms with Crippen molar-refractivity contribution >= 4 is 11.4 Å². The summed E-state index contributed by atoms with van der Waals surface area (Å²) < 4.78 is 5.65. The lowest BCUT2D eigenvalue weighted by molar-refractivity contribution is 0.317. The molecule has 0 radical (unpaired) electrons. The van der Waals surface area contributed by atoms with Gasteiger partial charge in [-0.3, -0.25) is 5.01 Å². The number of hydrazone groups is 1. The first kappa shape index (κ1) is 15.6. The molecule has 3 rings (SSSR count). The van der Waals surface area contributed by atoms with Gasteiger partial charge in [0.1, 0.15) is 5.75 Å².